The van der Waals surface area contributed by atoms with Gasteiger partial charge < -0.3 is 20.2 Å². The Hall–Kier alpha value is -2.60. The van der Waals surface area contributed by atoms with Crippen LogP contribution in [0.25, 0.3) is 0 Å². The lowest BCUT2D eigenvalue weighted by Crippen LogP contribution is -2.49. The summed E-state index contributed by atoms with van der Waals surface area (Å²) in [5.41, 5.74) is 1.83. The number of carbonyl (C=O) groups excluding carboxylic acids is 1. The molecule has 0 unspecified atom stereocenters. The number of likely N-dealkylation sites (tertiary alicyclic amines) is 1. The van der Waals surface area contributed by atoms with E-state index in [1.807, 2.05) is 17.0 Å². The number of nitrogens with zero attached hydrogens (tertiary/aromatic N) is 2. The van der Waals surface area contributed by atoms with E-state index >= 15 is 0 Å². The summed E-state index contributed by atoms with van der Waals surface area (Å²) < 4.78 is 13.0. The number of hydrogen-bond acceptors (Lipinski definition) is 3. The molecule has 1 heterocycles. The van der Waals surface area contributed by atoms with E-state index in [9.17, 15) is 14.3 Å². The summed E-state index contributed by atoms with van der Waals surface area (Å²) in [5.74, 6) is -0.0734. The summed E-state index contributed by atoms with van der Waals surface area (Å²) in [6.45, 7) is 2.77. The van der Waals surface area contributed by atoms with E-state index in [-0.39, 0.29) is 23.6 Å². The highest BCUT2D eigenvalue weighted by Crippen LogP contribution is 2.20. The quantitative estimate of drug-likeness (QED) is 0.848. The van der Waals surface area contributed by atoms with Crippen LogP contribution >= 0.6 is 0 Å². The number of urea groups is 1. The number of phenols is 1. The molecule has 0 aromatic heterocycles. The van der Waals surface area contributed by atoms with Crippen molar-refractivity contribution in [2.24, 2.45) is 0 Å². The Morgan fingerprint density at radius 2 is 1.70 bits per heavy atom. The second-order valence-corrected chi connectivity index (χ2v) is 7.11. The smallest absolute Gasteiger partial charge is 0.318 e. The first-order valence-corrected chi connectivity index (χ1v) is 9.26. The molecule has 144 valence electrons. The number of halogens is 1. The van der Waals surface area contributed by atoms with Gasteiger partial charge in [0.15, 0.2) is 0 Å². The van der Waals surface area contributed by atoms with Crippen LogP contribution in [0.5, 0.6) is 5.75 Å². The molecular weight excluding hydrogens is 345 g/mol. The van der Waals surface area contributed by atoms with Crippen molar-refractivity contribution in [2.45, 2.75) is 32.0 Å². The van der Waals surface area contributed by atoms with Gasteiger partial charge in [0.1, 0.15) is 11.6 Å². The van der Waals surface area contributed by atoms with Crippen LogP contribution in [-0.4, -0.2) is 47.1 Å². The molecule has 3 rings (SSSR count). The van der Waals surface area contributed by atoms with Crippen LogP contribution in [0.3, 0.4) is 0 Å². The van der Waals surface area contributed by atoms with Crippen LogP contribution in [0.2, 0.25) is 0 Å². The Morgan fingerprint density at radius 1 is 1.11 bits per heavy atom. The van der Waals surface area contributed by atoms with E-state index in [0.717, 1.165) is 37.1 Å². The molecule has 1 fully saturated rings. The van der Waals surface area contributed by atoms with Crippen LogP contribution < -0.4 is 5.32 Å². The summed E-state index contributed by atoms with van der Waals surface area (Å²) in [7, 11) is 2.09. The van der Waals surface area contributed by atoms with Crippen molar-refractivity contribution in [2.75, 3.05) is 20.1 Å². The highest BCUT2D eigenvalue weighted by Gasteiger charge is 2.27. The monoisotopic (exact) mass is 371 g/mol. The maximum Gasteiger partial charge on any atom is 0.318 e. The fourth-order valence-electron chi connectivity index (χ4n) is 3.35. The number of hydrogen-bond donors (Lipinski definition) is 2. The van der Waals surface area contributed by atoms with E-state index in [1.165, 1.54) is 12.1 Å². The molecule has 5 nitrogen and oxygen atoms in total. The lowest BCUT2D eigenvalue weighted by Gasteiger charge is -2.37. The third-order valence-electron chi connectivity index (χ3n) is 5.04. The van der Waals surface area contributed by atoms with E-state index in [4.69, 9.17) is 0 Å². The molecule has 6 heteroatoms. The molecule has 27 heavy (non-hydrogen) atoms. The number of benzene rings is 2. The first kappa shape index (κ1) is 19.2. The van der Waals surface area contributed by atoms with Crippen molar-refractivity contribution in [3.8, 4) is 5.75 Å². The number of rotatable bonds is 5. The minimum atomic E-state index is -0.287. The molecule has 0 saturated carbocycles. The number of carbonyl (C=O) groups is 1. The number of piperidine rings is 1. The zero-order chi connectivity index (χ0) is 19.2. The number of phenolic OH excluding ortho intramolecular Hbond substituents is 1. The largest absolute Gasteiger partial charge is 0.508 e. The minimum Gasteiger partial charge on any atom is -0.508 e. The normalized spacial score (nSPS) is 15.5. The summed E-state index contributed by atoms with van der Waals surface area (Å²) in [4.78, 5) is 17.1. The second-order valence-electron chi connectivity index (χ2n) is 7.11. The number of aromatic hydroxyl groups is 1. The van der Waals surface area contributed by atoms with Crippen LogP contribution in [-0.2, 0) is 13.1 Å². The van der Waals surface area contributed by atoms with Gasteiger partial charge in [0.2, 0.25) is 0 Å². The van der Waals surface area contributed by atoms with E-state index in [2.05, 4.69) is 17.3 Å². The van der Waals surface area contributed by atoms with Crippen LogP contribution in [0.15, 0.2) is 48.5 Å². The first-order chi connectivity index (χ1) is 13.0. The van der Waals surface area contributed by atoms with Gasteiger partial charge in [-0.1, -0.05) is 24.3 Å². The van der Waals surface area contributed by atoms with Crippen molar-refractivity contribution in [1.82, 2.24) is 15.1 Å². The average Bonchev–Trinajstić information content (AvgIpc) is 2.68. The van der Waals surface area contributed by atoms with Gasteiger partial charge in [-0.2, -0.15) is 0 Å². The lowest BCUT2D eigenvalue weighted by atomic mass is 10.0. The average molecular weight is 371 g/mol. The van der Waals surface area contributed by atoms with Crippen molar-refractivity contribution in [3.05, 3.63) is 65.5 Å². The van der Waals surface area contributed by atoms with Crippen LogP contribution in [0.1, 0.15) is 24.0 Å². The lowest BCUT2D eigenvalue weighted by molar-refractivity contribution is 0.127. The molecule has 0 radical (unpaired) electrons. The summed E-state index contributed by atoms with van der Waals surface area (Å²) in [6.07, 6.45) is 1.86. The summed E-state index contributed by atoms with van der Waals surface area (Å²) in [6, 6.07) is 13.1. The predicted octanol–water partition coefficient (Wildman–Crippen LogP) is 3.34. The summed E-state index contributed by atoms with van der Waals surface area (Å²) in [5, 5.41) is 12.4. The maximum atomic E-state index is 13.0. The third kappa shape index (κ3) is 5.44. The van der Waals surface area contributed by atoms with Gasteiger partial charge in [-0.3, -0.25) is 0 Å². The molecule has 1 saturated heterocycles. The minimum absolute atomic E-state index is 0.123. The molecular formula is C21H26FN3O2. The van der Waals surface area contributed by atoms with Crippen molar-refractivity contribution in [1.29, 1.82) is 0 Å². The highest BCUT2D eigenvalue weighted by atomic mass is 19.1. The van der Waals surface area contributed by atoms with Crippen LogP contribution in [0.4, 0.5) is 9.18 Å². The standard InChI is InChI=1S/C21H26FN3O2/c1-24-12-10-19(11-13-24)25(15-17-4-8-20(26)9-5-17)21(27)23-14-16-2-6-18(22)7-3-16/h2-9,19,26H,10-15H2,1H3,(H,23,27). The second kappa shape index (κ2) is 8.86. The van der Waals surface area contributed by atoms with Crippen LogP contribution in [0, 0.1) is 5.82 Å². The third-order valence-corrected chi connectivity index (χ3v) is 5.04. The van der Waals surface area contributed by atoms with Gasteiger partial charge in [0.05, 0.1) is 0 Å². The molecule has 2 aromatic rings. The Balaban J connectivity index is 1.68. The molecule has 0 bridgehead atoms. The van der Waals surface area contributed by atoms with Crippen molar-refractivity contribution >= 4 is 6.03 Å². The number of amides is 2. The Kier molecular flexibility index (Phi) is 6.29. The fourth-order valence-corrected chi connectivity index (χ4v) is 3.35. The number of nitrogens with one attached hydrogen (secondary N) is 1. The van der Waals surface area contributed by atoms with Gasteiger partial charge in [0.25, 0.3) is 0 Å². The molecule has 1 aliphatic rings. The molecule has 0 aliphatic carbocycles. The molecule has 1 aliphatic heterocycles. The van der Waals surface area contributed by atoms with E-state index < -0.39 is 0 Å². The molecule has 2 N–H and O–H groups in total. The Bertz CT molecular complexity index is 741. The molecule has 2 amide bonds. The predicted molar refractivity (Wildman–Crippen MR) is 103 cm³/mol. The first-order valence-electron chi connectivity index (χ1n) is 9.26. The van der Waals surface area contributed by atoms with Gasteiger partial charge in [-0.25, -0.2) is 9.18 Å². The fraction of sp³-hybridized carbons (Fsp3) is 0.381. The van der Waals surface area contributed by atoms with Gasteiger partial charge in [-0.15, -0.1) is 0 Å². The maximum absolute atomic E-state index is 13.0. The topological polar surface area (TPSA) is 55.8 Å². The van der Waals surface area contributed by atoms with Crippen molar-refractivity contribution < 1.29 is 14.3 Å². The Morgan fingerprint density at radius 3 is 2.33 bits per heavy atom. The summed E-state index contributed by atoms with van der Waals surface area (Å²) >= 11 is 0. The van der Waals surface area contributed by atoms with Gasteiger partial charge in [-0.05, 0) is 68.4 Å². The zero-order valence-electron chi connectivity index (χ0n) is 15.6. The van der Waals surface area contributed by atoms with E-state index in [0.29, 0.717) is 13.1 Å². The van der Waals surface area contributed by atoms with Gasteiger partial charge >= 0.3 is 6.03 Å². The molecule has 0 spiro atoms. The molecule has 0 atom stereocenters. The highest BCUT2D eigenvalue weighted by molar-refractivity contribution is 5.74. The van der Waals surface area contributed by atoms with E-state index in [1.54, 1.807) is 24.3 Å². The zero-order valence-corrected chi connectivity index (χ0v) is 15.6. The SMILES string of the molecule is CN1CCC(N(Cc2ccc(O)cc2)C(=O)NCc2ccc(F)cc2)CC1. The Labute approximate surface area is 159 Å². The van der Waals surface area contributed by atoms with Crippen molar-refractivity contribution in [3.63, 3.8) is 0 Å². The van der Waals surface area contributed by atoms with Gasteiger partial charge in [0, 0.05) is 19.1 Å². The molecule has 2 aromatic carbocycles.